The number of amides is 2. The topological polar surface area (TPSA) is 77.6 Å². The Morgan fingerprint density at radius 1 is 1.07 bits per heavy atom. The first-order chi connectivity index (χ1) is 13.7. The lowest BCUT2D eigenvalue weighted by Gasteiger charge is -2.35. The van der Waals surface area contributed by atoms with Crippen molar-refractivity contribution in [2.45, 2.75) is 38.5 Å². The molecule has 2 amide bonds. The first kappa shape index (κ1) is 19.2. The summed E-state index contributed by atoms with van der Waals surface area (Å²) < 4.78 is 0. The van der Waals surface area contributed by atoms with E-state index in [9.17, 15) is 9.59 Å². The van der Waals surface area contributed by atoms with Gasteiger partial charge < -0.3 is 20.4 Å². The van der Waals surface area contributed by atoms with Crippen LogP contribution in [0.1, 0.15) is 38.5 Å². The highest BCUT2D eigenvalue weighted by Crippen LogP contribution is 2.31. The monoisotopic (exact) mass is 385 g/mol. The van der Waals surface area contributed by atoms with Gasteiger partial charge in [-0.05, 0) is 63.2 Å². The van der Waals surface area contributed by atoms with E-state index in [2.05, 4.69) is 20.5 Å². The van der Waals surface area contributed by atoms with Gasteiger partial charge in [-0.3, -0.25) is 9.59 Å². The summed E-state index contributed by atoms with van der Waals surface area (Å²) in [6, 6.07) is 3.88. The summed E-state index contributed by atoms with van der Waals surface area (Å²) in [5.41, 5.74) is 0.751. The van der Waals surface area contributed by atoms with E-state index in [1.165, 1.54) is 12.8 Å². The molecule has 1 aromatic heterocycles. The first-order valence-electron chi connectivity index (χ1n) is 10.7. The Kier molecular flexibility index (Phi) is 6.10. The van der Waals surface area contributed by atoms with Crippen molar-refractivity contribution in [2.24, 2.45) is 11.8 Å². The van der Waals surface area contributed by atoms with Gasteiger partial charge in [0.2, 0.25) is 11.8 Å². The van der Waals surface area contributed by atoms with Gasteiger partial charge in [-0.2, -0.15) is 0 Å². The van der Waals surface area contributed by atoms with E-state index in [1.807, 2.05) is 17.0 Å². The zero-order valence-corrected chi connectivity index (χ0v) is 16.5. The summed E-state index contributed by atoms with van der Waals surface area (Å²) in [5.74, 6) is 2.27. The van der Waals surface area contributed by atoms with Gasteiger partial charge in [-0.25, -0.2) is 4.98 Å². The van der Waals surface area contributed by atoms with E-state index >= 15 is 0 Å². The van der Waals surface area contributed by atoms with Crippen LogP contribution in [0.3, 0.4) is 0 Å². The summed E-state index contributed by atoms with van der Waals surface area (Å²) in [5, 5.41) is 6.32. The van der Waals surface area contributed by atoms with E-state index in [1.54, 1.807) is 6.20 Å². The van der Waals surface area contributed by atoms with Gasteiger partial charge in [0.05, 0.1) is 11.9 Å². The largest absolute Gasteiger partial charge is 0.353 e. The van der Waals surface area contributed by atoms with Crippen molar-refractivity contribution in [2.75, 3.05) is 49.5 Å². The fourth-order valence-electron chi connectivity index (χ4n) is 4.12. The number of hydrogen-bond donors (Lipinski definition) is 2. The molecule has 1 aliphatic carbocycles. The Bertz CT molecular complexity index is 675. The smallest absolute Gasteiger partial charge is 0.225 e. The van der Waals surface area contributed by atoms with Crippen molar-refractivity contribution < 1.29 is 9.59 Å². The molecule has 3 heterocycles. The standard InChI is InChI=1S/C21H31N5O2/c27-20(6-1-16-7-9-22-10-8-16)24-18-4-5-19(23-15-18)25-11-13-26(14-12-25)21(28)17-2-3-17/h4-5,15-17,22H,1-3,6-14H2,(H,24,27). The molecule has 3 fully saturated rings. The quantitative estimate of drug-likeness (QED) is 0.782. The average molecular weight is 386 g/mol. The van der Waals surface area contributed by atoms with E-state index in [0.717, 1.165) is 70.0 Å². The van der Waals surface area contributed by atoms with Gasteiger partial charge >= 0.3 is 0 Å². The minimum absolute atomic E-state index is 0.0697. The van der Waals surface area contributed by atoms with Crippen LogP contribution in [-0.2, 0) is 9.59 Å². The number of pyridine rings is 1. The molecule has 2 N–H and O–H groups in total. The zero-order valence-electron chi connectivity index (χ0n) is 16.5. The predicted molar refractivity (Wildman–Crippen MR) is 109 cm³/mol. The summed E-state index contributed by atoms with van der Waals surface area (Å²) in [4.78, 5) is 33.1. The number of nitrogens with zero attached hydrogens (tertiary/aromatic N) is 3. The second-order valence-corrected chi connectivity index (χ2v) is 8.27. The zero-order chi connectivity index (χ0) is 19.3. The van der Waals surface area contributed by atoms with Crippen LogP contribution in [0.4, 0.5) is 11.5 Å². The molecule has 1 saturated carbocycles. The molecule has 2 saturated heterocycles. The van der Waals surface area contributed by atoms with Crippen LogP contribution in [0.15, 0.2) is 18.3 Å². The van der Waals surface area contributed by atoms with Crippen LogP contribution in [-0.4, -0.2) is 61.0 Å². The Morgan fingerprint density at radius 3 is 2.46 bits per heavy atom. The second kappa shape index (κ2) is 8.90. The fourth-order valence-corrected chi connectivity index (χ4v) is 4.12. The van der Waals surface area contributed by atoms with Gasteiger partial charge in [-0.15, -0.1) is 0 Å². The van der Waals surface area contributed by atoms with Gasteiger partial charge in [0.25, 0.3) is 0 Å². The van der Waals surface area contributed by atoms with Gasteiger partial charge in [0.15, 0.2) is 0 Å². The number of rotatable bonds is 6. The third-order valence-corrected chi connectivity index (χ3v) is 6.11. The molecule has 4 rings (SSSR count). The molecule has 28 heavy (non-hydrogen) atoms. The molecule has 2 aliphatic heterocycles. The van der Waals surface area contributed by atoms with Crippen molar-refractivity contribution in [3.8, 4) is 0 Å². The molecule has 7 heteroatoms. The highest BCUT2D eigenvalue weighted by Gasteiger charge is 2.34. The van der Waals surface area contributed by atoms with Crippen molar-refractivity contribution in [3.63, 3.8) is 0 Å². The average Bonchev–Trinajstić information content (AvgIpc) is 3.59. The summed E-state index contributed by atoms with van der Waals surface area (Å²) in [7, 11) is 0. The van der Waals surface area contributed by atoms with Crippen molar-refractivity contribution in [1.29, 1.82) is 0 Å². The van der Waals surface area contributed by atoms with Gasteiger partial charge in [0, 0.05) is 38.5 Å². The first-order valence-corrected chi connectivity index (χ1v) is 10.7. The lowest BCUT2D eigenvalue weighted by atomic mass is 9.93. The Morgan fingerprint density at radius 2 is 1.82 bits per heavy atom. The van der Waals surface area contributed by atoms with E-state index in [-0.39, 0.29) is 5.91 Å². The molecular weight excluding hydrogens is 354 g/mol. The van der Waals surface area contributed by atoms with Crippen molar-refractivity contribution in [3.05, 3.63) is 18.3 Å². The molecule has 1 aromatic rings. The number of carbonyl (C=O) groups excluding carboxylic acids is 2. The van der Waals surface area contributed by atoms with Crippen molar-refractivity contribution in [1.82, 2.24) is 15.2 Å². The number of nitrogens with one attached hydrogen (secondary N) is 2. The Balaban J connectivity index is 1.21. The molecule has 0 spiro atoms. The fraction of sp³-hybridized carbons (Fsp3) is 0.667. The number of anilines is 2. The predicted octanol–water partition coefficient (Wildman–Crippen LogP) is 1.86. The molecule has 3 aliphatic rings. The highest BCUT2D eigenvalue weighted by molar-refractivity contribution is 5.90. The summed E-state index contributed by atoms with van der Waals surface area (Å²) in [6.07, 6.45) is 7.73. The number of hydrogen-bond acceptors (Lipinski definition) is 5. The van der Waals surface area contributed by atoms with E-state index in [0.29, 0.717) is 24.2 Å². The third kappa shape index (κ3) is 5.01. The van der Waals surface area contributed by atoms with Crippen LogP contribution in [0.25, 0.3) is 0 Å². The Hall–Kier alpha value is -2.15. The number of piperidine rings is 1. The number of carbonyl (C=O) groups is 2. The van der Waals surface area contributed by atoms with E-state index < -0.39 is 0 Å². The number of piperazine rings is 1. The molecular formula is C21H31N5O2. The normalized spacial score (nSPS) is 20.9. The summed E-state index contributed by atoms with van der Waals surface area (Å²) >= 11 is 0. The Labute approximate surface area is 166 Å². The van der Waals surface area contributed by atoms with Crippen molar-refractivity contribution >= 4 is 23.3 Å². The maximum Gasteiger partial charge on any atom is 0.225 e. The minimum Gasteiger partial charge on any atom is -0.353 e. The molecule has 152 valence electrons. The lowest BCUT2D eigenvalue weighted by Crippen LogP contribution is -2.49. The van der Waals surface area contributed by atoms with Crippen LogP contribution in [0.2, 0.25) is 0 Å². The van der Waals surface area contributed by atoms with Gasteiger partial charge in [-0.1, -0.05) is 0 Å². The SMILES string of the molecule is O=C(CCC1CCNCC1)Nc1ccc(N2CCN(C(=O)C3CC3)CC2)nc1. The van der Waals surface area contributed by atoms with Crippen LogP contribution >= 0.6 is 0 Å². The number of aromatic nitrogens is 1. The second-order valence-electron chi connectivity index (χ2n) is 8.27. The maximum atomic E-state index is 12.2. The third-order valence-electron chi connectivity index (χ3n) is 6.11. The lowest BCUT2D eigenvalue weighted by molar-refractivity contribution is -0.132. The molecule has 0 bridgehead atoms. The molecule has 7 nitrogen and oxygen atoms in total. The van der Waals surface area contributed by atoms with Gasteiger partial charge in [0.1, 0.15) is 5.82 Å². The highest BCUT2D eigenvalue weighted by atomic mass is 16.2. The summed E-state index contributed by atoms with van der Waals surface area (Å²) in [6.45, 7) is 5.31. The molecule has 0 radical (unpaired) electrons. The molecule has 0 aromatic carbocycles. The minimum atomic E-state index is 0.0697. The van der Waals surface area contributed by atoms with Crippen LogP contribution < -0.4 is 15.5 Å². The van der Waals surface area contributed by atoms with Crippen LogP contribution in [0.5, 0.6) is 0 Å². The van der Waals surface area contributed by atoms with E-state index in [4.69, 9.17) is 0 Å². The molecule has 0 unspecified atom stereocenters. The van der Waals surface area contributed by atoms with Crippen LogP contribution in [0, 0.1) is 11.8 Å². The molecule has 0 atom stereocenters. The maximum absolute atomic E-state index is 12.2.